The van der Waals surface area contributed by atoms with Crippen molar-refractivity contribution in [2.45, 2.75) is 63.3 Å². The molecule has 1 nitrogen and oxygen atoms in total. The van der Waals surface area contributed by atoms with Gasteiger partial charge in [-0.25, -0.2) is 0 Å². The van der Waals surface area contributed by atoms with Gasteiger partial charge in [-0.1, -0.05) is 68.9 Å². The van der Waals surface area contributed by atoms with Crippen molar-refractivity contribution < 1.29 is 0 Å². The van der Waals surface area contributed by atoms with E-state index in [1.807, 2.05) is 0 Å². The molecular weight excluding hydrogens is 230 g/mol. The Hall–Kier alpha value is -0.820. The van der Waals surface area contributed by atoms with Gasteiger partial charge in [-0.15, -0.1) is 0 Å². The van der Waals surface area contributed by atoms with Crippen LogP contribution < -0.4 is 5.73 Å². The fraction of sp³-hybridized carbons (Fsp3) is 0.667. The van der Waals surface area contributed by atoms with Crippen molar-refractivity contribution in [3.8, 4) is 0 Å². The van der Waals surface area contributed by atoms with Crippen LogP contribution in [-0.4, -0.2) is 6.04 Å². The second-order valence-corrected chi connectivity index (χ2v) is 6.67. The van der Waals surface area contributed by atoms with Crippen LogP contribution in [-0.2, 0) is 0 Å². The number of nitrogens with two attached hydrogens (primary N) is 1. The SMILES string of the molecule is NC(CC1CCCCCC1)C1CC1c1ccccc1. The molecule has 3 rings (SSSR count). The molecule has 0 saturated heterocycles. The molecule has 0 aromatic heterocycles. The highest BCUT2D eigenvalue weighted by atomic mass is 14.7. The first-order valence-electron chi connectivity index (χ1n) is 8.15. The largest absolute Gasteiger partial charge is 0.327 e. The second-order valence-electron chi connectivity index (χ2n) is 6.67. The number of hydrogen-bond acceptors (Lipinski definition) is 1. The highest BCUT2D eigenvalue weighted by Crippen LogP contribution is 2.50. The summed E-state index contributed by atoms with van der Waals surface area (Å²) in [5, 5.41) is 0. The van der Waals surface area contributed by atoms with Crippen molar-refractivity contribution in [3.63, 3.8) is 0 Å². The summed E-state index contributed by atoms with van der Waals surface area (Å²) in [5.41, 5.74) is 7.99. The quantitative estimate of drug-likeness (QED) is 0.791. The van der Waals surface area contributed by atoms with Crippen molar-refractivity contribution >= 4 is 0 Å². The molecule has 3 atom stereocenters. The summed E-state index contributed by atoms with van der Waals surface area (Å²) >= 11 is 0. The monoisotopic (exact) mass is 257 g/mol. The van der Waals surface area contributed by atoms with Crippen LogP contribution in [0.5, 0.6) is 0 Å². The van der Waals surface area contributed by atoms with E-state index in [1.165, 1.54) is 56.9 Å². The van der Waals surface area contributed by atoms with Crippen molar-refractivity contribution in [1.29, 1.82) is 0 Å². The fourth-order valence-electron chi connectivity index (χ4n) is 3.93. The Labute approximate surface area is 117 Å². The zero-order valence-electron chi connectivity index (χ0n) is 11.9. The third-order valence-corrected chi connectivity index (χ3v) is 5.20. The highest BCUT2D eigenvalue weighted by Gasteiger charge is 2.42. The van der Waals surface area contributed by atoms with Crippen LogP contribution in [0.25, 0.3) is 0 Å². The topological polar surface area (TPSA) is 26.0 Å². The lowest BCUT2D eigenvalue weighted by molar-refractivity contribution is 0.368. The summed E-state index contributed by atoms with van der Waals surface area (Å²) in [7, 11) is 0. The smallest absolute Gasteiger partial charge is 0.00758 e. The van der Waals surface area contributed by atoms with Crippen LogP contribution in [0.2, 0.25) is 0 Å². The molecule has 104 valence electrons. The minimum absolute atomic E-state index is 0.438. The standard InChI is InChI=1S/C18H27N/c19-18(12-14-8-4-1-2-5-9-14)17-13-16(17)15-10-6-3-7-11-15/h3,6-7,10-11,14,16-18H,1-2,4-5,8-9,12-13,19H2. The molecule has 0 aliphatic heterocycles. The molecule has 0 bridgehead atoms. The van der Waals surface area contributed by atoms with Gasteiger partial charge in [-0.2, -0.15) is 0 Å². The number of rotatable bonds is 4. The van der Waals surface area contributed by atoms with Gasteiger partial charge in [0.1, 0.15) is 0 Å². The summed E-state index contributed by atoms with van der Waals surface area (Å²) in [6, 6.07) is 11.4. The summed E-state index contributed by atoms with van der Waals surface area (Å²) in [5.74, 6) is 2.42. The Bertz CT molecular complexity index is 378. The normalized spacial score (nSPS) is 29.7. The Morgan fingerprint density at radius 3 is 2.37 bits per heavy atom. The Balaban J connectivity index is 1.50. The molecule has 2 aliphatic carbocycles. The van der Waals surface area contributed by atoms with Crippen molar-refractivity contribution in [3.05, 3.63) is 35.9 Å². The Morgan fingerprint density at radius 2 is 1.68 bits per heavy atom. The second kappa shape index (κ2) is 6.09. The van der Waals surface area contributed by atoms with E-state index >= 15 is 0 Å². The Kier molecular flexibility index (Phi) is 4.22. The van der Waals surface area contributed by atoms with Gasteiger partial charge in [-0.05, 0) is 36.2 Å². The maximum Gasteiger partial charge on any atom is 0.00758 e. The number of benzene rings is 1. The van der Waals surface area contributed by atoms with E-state index in [0.717, 1.165) is 17.8 Å². The molecule has 1 heteroatoms. The predicted octanol–water partition coefficient (Wildman–Crippen LogP) is 4.48. The summed E-state index contributed by atoms with van der Waals surface area (Å²) < 4.78 is 0. The maximum absolute atomic E-state index is 6.49. The lowest BCUT2D eigenvalue weighted by Crippen LogP contribution is -2.26. The molecule has 2 N–H and O–H groups in total. The minimum atomic E-state index is 0.438. The van der Waals surface area contributed by atoms with Crippen molar-refractivity contribution in [1.82, 2.24) is 0 Å². The Morgan fingerprint density at radius 1 is 1.00 bits per heavy atom. The van der Waals surface area contributed by atoms with Gasteiger partial charge < -0.3 is 5.73 Å². The van der Waals surface area contributed by atoms with E-state index in [0.29, 0.717) is 6.04 Å². The molecule has 1 aromatic rings. The zero-order valence-corrected chi connectivity index (χ0v) is 11.9. The average Bonchev–Trinajstić information content (AvgIpc) is 3.24. The molecule has 0 radical (unpaired) electrons. The predicted molar refractivity (Wildman–Crippen MR) is 81.1 cm³/mol. The van der Waals surface area contributed by atoms with Crippen LogP contribution in [0, 0.1) is 11.8 Å². The molecule has 19 heavy (non-hydrogen) atoms. The van der Waals surface area contributed by atoms with E-state index in [1.54, 1.807) is 0 Å². The van der Waals surface area contributed by atoms with E-state index in [9.17, 15) is 0 Å². The van der Waals surface area contributed by atoms with Gasteiger partial charge in [0.2, 0.25) is 0 Å². The van der Waals surface area contributed by atoms with E-state index < -0.39 is 0 Å². The van der Waals surface area contributed by atoms with Crippen molar-refractivity contribution in [2.75, 3.05) is 0 Å². The summed E-state index contributed by atoms with van der Waals surface area (Å²) in [6.45, 7) is 0. The maximum atomic E-state index is 6.49. The van der Waals surface area contributed by atoms with Crippen LogP contribution in [0.1, 0.15) is 62.8 Å². The molecule has 2 aliphatic rings. The molecule has 3 unspecified atom stereocenters. The number of hydrogen-bond donors (Lipinski definition) is 1. The van der Waals surface area contributed by atoms with Gasteiger partial charge in [0, 0.05) is 6.04 Å². The van der Waals surface area contributed by atoms with Gasteiger partial charge in [0.05, 0.1) is 0 Å². The van der Waals surface area contributed by atoms with Crippen LogP contribution in [0.3, 0.4) is 0 Å². The molecule has 0 spiro atoms. The van der Waals surface area contributed by atoms with Crippen molar-refractivity contribution in [2.24, 2.45) is 17.6 Å². The van der Waals surface area contributed by atoms with Gasteiger partial charge in [0.15, 0.2) is 0 Å². The fourth-order valence-corrected chi connectivity index (χ4v) is 3.93. The average molecular weight is 257 g/mol. The zero-order chi connectivity index (χ0) is 13.1. The van der Waals surface area contributed by atoms with E-state index in [2.05, 4.69) is 30.3 Å². The summed E-state index contributed by atoms with van der Waals surface area (Å²) in [6.07, 6.45) is 11.2. The molecule has 1 aromatic carbocycles. The van der Waals surface area contributed by atoms with Gasteiger partial charge in [-0.3, -0.25) is 0 Å². The molecule has 2 saturated carbocycles. The van der Waals surface area contributed by atoms with Crippen LogP contribution >= 0.6 is 0 Å². The molecule has 0 amide bonds. The first kappa shape index (κ1) is 13.2. The van der Waals surface area contributed by atoms with E-state index in [4.69, 9.17) is 5.73 Å². The lowest BCUT2D eigenvalue weighted by Gasteiger charge is -2.19. The first-order valence-corrected chi connectivity index (χ1v) is 8.15. The first-order chi connectivity index (χ1) is 9.34. The van der Waals surface area contributed by atoms with Crippen LogP contribution in [0.15, 0.2) is 30.3 Å². The third kappa shape index (κ3) is 3.39. The molecule has 0 heterocycles. The third-order valence-electron chi connectivity index (χ3n) is 5.20. The summed E-state index contributed by atoms with van der Waals surface area (Å²) in [4.78, 5) is 0. The lowest BCUT2D eigenvalue weighted by atomic mass is 9.90. The minimum Gasteiger partial charge on any atom is -0.327 e. The van der Waals surface area contributed by atoms with Gasteiger partial charge in [0.25, 0.3) is 0 Å². The molecular formula is C18H27N. The van der Waals surface area contributed by atoms with Crippen LogP contribution in [0.4, 0.5) is 0 Å². The van der Waals surface area contributed by atoms with Gasteiger partial charge >= 0.3 is 0 Å². The highest BCUT2D eigenvalue weighted by molar-refractivity contribution is 5.26. The van der Waals surface area contributed by atoms with E-state index in [-0.39, 0.29) is 0 Å². The molecule has 2 fully saturated rings.